The van der Waals surface area contributed by atoms with E-state index < -0.39 is 6.67 Å². The first kappa shape index (κ1) is 21.7. The number of nitrogens with zero attached hydrogens (tertiary/aromatic N) is 1. The van der Waals surface area contributed by atoms with Crippen molar-refractivity contribution < 1.29 is 9.13 Å². The van der Waals surface area contributed by atoms with Crippen molar-refractivity contribution in [2.24, 2.45) is 5.92 Å². The average molecular weight is 392 g/mol. The fourth-order valence-electron chi connectivity index (χ4n) is 3.75. The van der Waals surface area contributed by atoms with Crippen molar-refractivity contribution in [2.75, 3.05) is 32.9 Å². The van der Waals surface area contributed by atoms with Crippen LogP contribution in [0.2, 0.25) is 0 Å². The lowest BCUT2D eigenvalue weighted by atomic mass is 9.90. The van der Waals surface area contributed by atoms with Gasteiger partial charge in [-0.2, -0.15) is 0 Å². The highest BCUT2D eigenvalue weighted by molar-refractivity contribution is 5.85. The third-order valence-corrected chi connectivity index (χ3v) is 5.35. The highest BCUT2D eigenvalue weighted by Gasteiger charge is 2.18. The van der Waals surface area contributed by atoms with E-state index in [4.69, 9.17) is 4.74 Å². The van der Waals surface area contributed by atoms with E-state index in [-0.39, 0.29) is 19.0 Å². The van der Waals surface area contributed by atoms with Gasteiger partial charge in [0.1, 0.15) is 19.0 Å². The molecule has 0 atom stereocenters. The zero-order valence-corrected chi connectivity index (χ0v) is 16.8. The fraction of sp³-hybridized carbons (Fsp3) is 0.478. The highest BCUT2D eigenvalue weighted by atomic mass is 35.5. The summed E-state index contributed by atoms with van der Waals surface area (Å²) in [7, 11) is 0. The van der Waals surface area contributed by atoms with Crippen LogP contribution < -0.4 is 4.74 Å². The topological polar surface area (TPSA) is 12.5 Å². The molecule has 1 saturated heterocycles. The predicted octanol–water partition coefficient (Wildman–Crippen LogP) is 5.34. The fourth-order valence-corrected chi connectivity index (χ4v) is 3.75. The van der Waals surface area contributed by atoms with E-state index in [1.807, 2.05) is 18.2 Å². The molecule has 0 N–H and O–H groups in total. The van der Waals surface area contributed by atoms with E-state index in [2.05, 4.69) is 41.3 Å². The van der Waals surface area contributed by atoms with Crippen LogP contribution in [0.5, 0.6) is 5.75 Å². The van der Waals surface area contributed by atoms with Gasteiger partial charge in [-0.3, -0.25) is 0 Å². The Labute approximate surface area is 169 Å². The Morgan fingerprint density at radius 1 is 0.926 bits per heavy atom. The first-order chi connectivity index (χ1) is 12.8. The Morgan fingerprint density at radius 3 is 2.41 bits per heavy atom. The molecule has 0 radical (unpaired) electrons. The van der Waals surface area contributed by atoms with Gasteiger partial charge in [0.2, 0.25) is 0 Å². The summed E-state index contributed by atoms with van der Waals surface area (Å²) in [5, 5.41) is 0. The molecule has 0 amide bonds. The van der Waals surface area contributed by atoms with Gasteiger partial charge in [0, 0.05) is 6.54 Å². The van der Waals surface area contributed by atoms with Crippen molar-refractivity contribution >= 4 is 12.4 Å². The van der Waals surface area contributed by atoms with E-state index in [9.17, 15) is 4.39 Å². The molecule has 0 aromatic heterocycles. The molecular weight excluding hydrogens is 361 g/mol. The molecule has 0 spiro atoms. The number of hydrogen-bond donors (Lipinski definition) is 0. The number of alkyl halides is 1. The normalized spacial score (nSPS) is 15.3. The van der Waals surface area contributed by atoms with E-state index >= 15 is 0 Å². The van der Waals surface area contributed by atoms with Crippen LogP contribution in [0.25, 0.3) is 0 Å². The number of likely N-dealkylation sites (tertiary alicyclic amines) is 1. The summed E-state index contributed by atoms with van der Waals surface area (Å²) in [6, 6.07) is 18.9. The predicted molar refractivity (Wildman–Crippen MR) is 113 cm³/mol. The summed E-state index contributed by atoms with van der Waals surface area (Å²) in [6.45, 7) is 3.20. The third kappa shape index (κ3) is 7.51. The molecule has 0 saturated carbocycles. The number of hydrogen-bond acceptors (Lipinski definition) is 2. The number of benzene rings is 2. The van der Waals surface area contributed by atoms with Gasteiger partial charge in [-0.25, -0.2) is 4.39 Å². The summed E-state index contributed by atoms with van der Waals surface area (Å²) in [4.78, 5) is 2.58. The highest BCUT2D eigenvalue weighted by Crippen LogP contribution is 2.23. The second-order valence-corrected chi connectivity index (χ2v) is 7.24. The number of piperidine rings is 1. The van der Waals surface area contributed by atoms with Gasteiger partial charge in [-0.1, -0.05) is 42.5 Å². The molecule has 1 aliphatic rings. The van der Waals surface area contributed by atoms with Crippen LogP contribution in [-0.4, -0.2) is 37.8 Å². The number of aryl methyl sites for hydroxylation is 1. The van der Waals surface area contributed by atoms with Crippen LogP contribution >= 0.6 is 12.4 Å². The molecule has 1 fully saturated rings. The summed E-state index contributed by atoms with van der Waals surface area (Å²) in [5.41, 5.74) is 2.73. The largest absolute Gasteiger partial charge is 0.491 e. The summed E-state index contributed by atoms with van der Waals surface area (Å²) in [5.74, 6) is 1.64. The maximum atomic E-state index is 12.2. The quantitative estimate of drug-likeness (QED) is 0.571. The molecule has 2 aromatic carbocycles. The second kappa shape index (κ2) is 12.0. The minimum atomic E-state index is -0.441. The van der Waals surface area contributed by atoms with Crippen LogP contribution in [0.4, 0.5) is 4.39 Å². The second-order valence-electron chi connectivity index (χ2n) is 7.24. The van der Waals surface area contributed by atoms with E-state index in [0.29, 0.717) is 0 Å². The average Bonchev–Trinajstić information content (AvgIpc) is 2.71. The smallest absolute Gasteiger partial charge is 0.123 e. The van der Waals surface area contributed by atoms with Gasteiger partial charge in [0.05, 0.1) is 0 Å². The minimum absolute atomic E-state index is 0. The van der Waals surface area contributed by atoms with Crippen LogP contribution in [-0.2, 0) is 12.8 Å². The number of ether oxygens (including phenoxy) is 1. The Balaban J connectivity index is 0.00000261. The van der Waals surface area contributed by atoms with Gasteiger partial charge in [0.25, 0.3) is 0 Å². The van der Waals surface area contributed by atoms with Crippen LogP contribution in [0.3, 0.4) is 0 Å². The Hall–Kier alpha value is -1.58. The molecule has 148 valence electrons. The van der Waals surface area contributed by atoms with Crippen molar-refractivity contribution in [3.8, 4) is 5.75 Å². The van der Waals surface area contributed by atoms with Crippen LogP contribution in [0.1, 0.15) is 30.4 Å². The summed E-state index contributed by atoms with van der Waals surface area (Å²) >= 11 is 0. The Bertz CT molecular complexity index is 644. The molecule has 3 rings (SSSR count). The van der Waals surface area contributed by atoms with Gasteiger partial charge >= 0.3 is 0 Å². The van der Waals surface area contributed by atoms with Gasteiger partial charge in [-0.05, 0) is 74.4 Å². The first-order valence-electron chi connectivity index (χ1n) is 9.87. The van der Waals surface area contributed by atoms with Crippen LogP contribution in [0, 0.1) is 5.92 Å². The van der Waals surface area contributed by atoms with Gasteiger partial charge in [0.15, 0.2) is 0 Å². The van der Waals surface area contributed by atoms with Crippen molar-refractivity contribution in [3.63, 3.8) is 0 Å². The molecule has 0 bridgehead atoms. The van der Waals surface area contributed by atoms with Gasteiger partial charge in [-0.15, -0.1) is 12.4 Å². The molecule has 4 heteroatoms. The zero-order chi connectivity index (χ0) is 18.0. The molecule has 1 aliphatic heterocycles. The first-order valence-corrected chi connectivity index (χ1v) is 9.87. The summed E-state index contributed by atoms with van der Waals surface area (Å²) in [6.07, 6.45) is 6.17. The number of rotatable bonds is 9. The lowest BCUT2D eigenvalue weighted by Gasteiger charge is -2.32. The monoisotopic (exact) mass is 391 g/mol. The SMILES string of the molecule is Cl.FCCOc1cccc(CCN2CCC(CCc3ccccc3)CC2)c1. The standard InChI is InChI=1S/C23H30FNO.ClH/c24-14-18-26-23-8-4-7-22(19-23)13-17-25-15-11-21(12-16-25)10-9-20-5-2-1-3-6-20;/h1-8,19,21H,9-18H2;1H. The van der Waals surface area contributed by atoms with Crippen molar-refractivity contribution in [3.05, 3.63) is 65.7 Å². The van der Waals surface area contributed by atoms with E-state index in [1.165, 1.54) is 49.9 Å². The van der Waals surface area contributed by atoms with Gasteiger partial charge < -0.3 is 9.64 Å². The molecule has 27 heavy (non-hydrogen) atoms. The van der Waals surface area contributed by atoms with E-state index in [1.54, 1.807) is 0 Å². The Kier molecular flexibility index (Phi) is 9.65. The maximum absolute atomic E-state index is 12.2. The maximum Gasteiger partial charge on any atom is 0.123 e. The third-order valence-electron chi connectivity index (χ3n) is 5.35. The van der Waals surface area contributed by atoms with Crippen LogP contribution in [0.15, 0.2) is 54.6 Å². The Morgan fingerprint density at radius 2 is 1.67 bits per heavy atom. The van der Waals surface area contributed by atoms with Crippen molar-refractivity contribution in [1.82, 2.24) is 4.90 Å². The summed E-state index contributed by atoms with van der Waals surface area (Å²) < 4.78 is 17.6. The molecule has 0 unspecified atom stereocenters. The molecule has 2 nitrogen and oxygen atoms in total. The molecule has 1 heterocycles. The molecule has 2 aromatic rings. The lowest BCUT2D eigenvalue weighted by Crippen LogP contribution is -2.35. The van der Waals surface area contributed by atoms with E-state index in [0.717, 1.165) is 24.6 Å². The van der Waals surface area contributed by atoms with Crippen molar-refractivity contribution in [1.29, 1.82) is 0 Å². The molecule has 0 aliphatic carbocycles. The zero-order valence-electron chi connectivity index (χ0n) is 16.0. The lowest BCUT2D eigenvalue weighted by molar-refractivity contribution is 0.181. The number of halogens is 2. The van der Waals surface area contributed by atoms with Crippen molar-refractivity contribution in [2.45, 2.75) is 32.1 Å². The molecular formula is C23H31ClFNO. The minimum Gasteiger partial charge on any atom is -0.491 e.